The maximum absolute atomic E-state index is 5.64. The van der Waals surface area contributed by atoms with Crippen LogP contribution in [0.1, 0.15) is 0 Å². The SMILES string of the molecule is COc1ccc(N(c2ccccc2)c2ccc(OC)cc2OC)c(OC)c1. The predicted octanol–water partition coefficient (Wildman–Crippen LogP) is 5.19. The van der Waals surface area contributed by atoms with Crippen molar-refractivity contribution < 1.29 is 18.9 Å². The third-order valence-electron chi connectivity index (χ3n) is 4.27. The molecule has 0 radical (unpaired) electrons. The first-order valence-corrected chi connectivity index (χ1v) is 8.51. The van der Waals surface area contributed by atoms with Crippen LogP contribution in [-0.2, 0) is 0 Å². The van der Waals surface area contributed by atoms with Crippen molar-refractivity contribution in [1.82, 2.24) is 0 Å². The Bertz CT molecular complexity index is 841. The number of hydrogen-bond acceptors (Lipinski definition) is 5. The molecular formula is C22H23NO4. The molecule has 0 heterocycles. The van der Waals surface area contributed by atoms with E-state index in [1.54, 1.807) is 28.4 Å². The van der Waals surface area contributed by atoms with Crippen molar-refractivity contribution in [2.24, 2.45) is 0 Å². The molecule has 0 N–H and O–H groups in total. The van der Waals surface area contributed by atoms with E-state index in [1.165, 1.54) is 0 Å². The summed E-state index contributed by atoms with van der Waals surface area (Å²) in [7, 11) is 6.56. The molecule has 27 heavy (non-hydrogen) atoms. The van der Waals surface area contributed by atoms with Crippen molar-refractivity contribution in [1.29, 1.82) is 0 Å². The maximum Gasteiger partial charge on any atom is 0.146 e. The van der Waals surface area contributed by atoms with Crippen molar-refractivity contribution in [2.75, 3.05) is 33.3 Å². The van der Waals surface area contributed by atoms with Gasteiger partial charge in [0, 0.05) is 17.8 Å². The van der Waals surface area contributed by atoms with Crippen molar-refractivity contribution in [3.05, 3.63) is 66.7 Å². The van der Waals surface area contributed by atoms with Crippen LogP contribution in [0.3, 0.4) is 0 Å². The van der Waals surface area contributed by atoms with Crippen LogP contribution in [0.4, 0.5) is 17.1 Å². The van der Waals surface area contributed by atoms with Crippen LogP contribution in [0, 0.1) is 0 Å². The molecule has 0 aliphatic carbocycles. The molecule has 0 saturated heterocycles. The monoisotopic (exact) mass is 365 g/mol. The van der Waals surface area contributed by atoms with Gasteiger partial charge in [0.25, 0.3) is 0 Å². The molecule has 0 bridgehead atoms. The highest BCUT2D eigenvalue weighted by Crippen LogP contribution is 2.45. The molecule has 0 fully saturated rings. The summed E-state index contributed by atoms with van der Waals surface area (Å²) in [5.41, 5.74) is 2.71. The van der Waals surface area contributed by atoms with E-state index in [0.29, 0.717) is 11.5 Å². The van der Waals surface area contributed by atoms with E-state index in [4.69, 9.17) is 18.9 Å². The predicted molar refractivity (Wildman–Crippen MR) is 107 cm³/mol. The fourth-order valence-electron chi connectivity index (χ4n) is 2.92. The van der Waals surface area contributed by atoms with Gasteiger partial charge in [-0.15, -0.1) is 0 Å². The molecular weight excluding hydrogens is 342 g/mol. The highest BCUT2D eigenvalue weighted by molar-refractivity contribution is 5.83. The average Bonchev–Trinajstić information content (AvgIpc) is 2.75. The minimum Gasteiger partial charge on any atom is -0.497 e. The molecule has 0 unspecified atom stereocenters. The lowest BCUT2D eigenvalue weighted by Crippen LogP contribution is -2.12. The summed E-state index contributed by atoms with van der Waals surface area (Å²) in [4.78, 5) is 2.08. The fourth-order valence-corrected chi connectivity index (χ4v) is 2.92. The number of hydrogen-bond donors (Lipinski definition) is 0. The molecule has 0 saturated carbocycles. The summed E-state index contributed by atoms with van der Waals surface area (Å²) in [6, 6.07) is 21.5. The van der Waals surface area contributed by atoms with Gasteiger partial charge in [0.15, 0.2) is 0 Å². The van der Waals surface area contributed by atoms with Crippen LogP contribution in [0.25, 0.3) is 0 Å². The van der Waals surface area contributed by atoms with Gasteiger partial charge in [-0.2, -0.15) is 0 Å². The van der Waals surface area contributed by atoms with Crippen LogP contribution < -0.4 is 23.8 Å². The standard InChI is InChI=1S/C22H23NO4/c1-24-17-10-12-19(21(14-17)26-3)23(16-8-6-5-7-9-16)20-13-11-18(25-2)15-22(20)27-4/h5-15H,1-4H3. The third kappa shape index (κ3) is 3.77. The molecule has 3 rings (SSSR count). The van der Waals surface area contributed by atoms with Gasteiger partial charge in [-0.3, -0.25) is 0 Å². The highest BCUT2D eigenvalue weighted by atomic mass is 16.5. The Balaban J connectivity index is 2.23. The van der Waals surface area contributed by atoms with Gasteiger partial charge in [0.05, 0.1) is 39.8 Å². The second kappa shape index (κ2) is 8.36. The average molecular weight is 365 g/mol. The highest BCUT2D eigenvalue weighted by Gasteiger charge is 2.21. The van der Waals surface area contributed by atoms with Crippen molar-refractivity contribution in [2.45, 2.75) is 0 Å². The van der Waals surface area contributed by atoms with E-state index >= 15 is 0 Å². The third-order valence-corrected chi connectivity index (χ3v) is 4.27. The molecule has 5 nitrogen and oxygen atoms in total. The summed E-state index contributed by atoms with van der Waals surface area (Å²) in [6.45, 7) is 0. The van der Waals surface area contributed by atoms with Crippen LogP contribution in [0.15, 0.2) is 66.7 Å². The molecule has 0 aliphatic rings. The molecule has 0 spiro atoms. The van der Waals surface area contributed by atoms with Gasteiger partial charge in [0.2, 0.25) is 0 Å². The summed E-state index contributed by atoms with van der Waals surface area (Å²) in [6.07, 6.45) is 0. The molecule has 3 aromatic rings. The minimum absolute atomic E-state index is 0.691. The lowest BCUT2D eigenvalue weighted by Gasteiger charge is -2.28. The van der Waals surface area contributed by atoms with Gasteiger partial charge in [-0.05, 0) is 36.4 Å². The number of ether oxygens (including phenoxy) is 4. The fraction of sp³-hybridized carbons (Fsp3) is 0.182. The Morgan fingerprint density at radius 2 is 1.04 bits per heavy atom. The first-order valence-electron chi connectivity index (χ1n) is 8.51. The molecule has 3 aromatic carbocycles. The van der Waals surface area contributed by atoms with E-state index in [0.717, 1.165) is 28.6 Å². The zero-order valence-corrected chi connectivity index (χ0v) is 15.9. The first-order chi connectivity index (χ1) is 13.2. The Morgan fingerprint density at radius 3 is 1.44 bits per heavy atom. The largest absolute Gasteiger partial charge is 0.497 e. The minimum atomic E-state index is 0.691. The van der Waals surface area contributed by atoms with E-state index in [2.05, 4.69) is 4.90 Å². The number of benzene rings is 3. The molecule has 0 atom stereocenters. The summed E-state index contributed by atoms with van der Waals surface area (Å²) in [5, 5.41) is 0. The zero-order valence-electron chi connectivity index (χ0n) is 15.9. The Hall–Kier alpha value is -3.34. The van der Waals surface area contributed by atoms with E-state index < -0.39 is 0 Å². The van der Waals surface area contributed by atoms with E-state index in [-0.39, 0.29) is 0 Å². The van der Waals surface area contributed by atoms with Crippen LogP contribution in [0.5, 0.6) is 23.0 Å². The van der Waals surface area contributed by atoms with Crippen LogP contribution >= 0.6 is 0 Å². The lowest BCUT2D eigenvalue weighted by molar-refractivity contribution is 0.393. The maximum atomic E-state index is 5.64. The second-order valence-corrected chi connectivity index (χ2v) is 5.75. The van der Waals surface area contributed by atoms with Crippen molar-refractivity contribution in [3.63, 3.8) is 0 Å². The Labute approximate surface area is 159 Å². The van der Waals surface area contributed by atoms with Crippen molar-refractivity contribution >= 4 is 17.1 Å². The summed E-state index contributed by atoms with van der Waals surface area (Å²) in [5.74, 6) is 2.84. The van der Waals surface area contributed by atoms with Gasteiger partial charge in [-0.25, -0.2) is 0 Å². The van der Waals surface area contributed by atoms with Crippen molar-refractivity contribution in [3.8, 4) is 23.0 Å². The summed E-state index contributed by atoms with van der Waals surface area (Å²) < 4.78 is 22.0. The number of rotatable bonds is 7. The number of anilines is 3. The van der Waals surface area contributed by atoms with E-state index in [1.807, 2.05) is 66.7 Å². The normalized spacial score (nSPS) is 10.2. The Kier molecular flexibility index (Phi) is 5.71. The van der Waals surface area contributed by atoms with Gasteiger partial charge >= 0.3 is 0 Å². The van der Waals surface area contributed by atoms with Gasteiger partial charge in [0.1, 0.15) is 23.0 Å². The smallest absolute Gasteiger partial charge is 0.146 e. The van der Waals surface area contributed by atoms with Crippen LogP contribution in [-0.4, -0.2) is 28.4 Å². The molecule has 5 heteroatoms. The topological polar surface area (TPSA) is 40.2 Å². The molecule has 0 aromatic heterocycles. The quantitative estimate of drug-likeness (QED) is 0.576. The first kappa shape index (κ1) is 18.5. The Morgan fingerprint density at radius 1 is 0.556 bits per heavy atom. The van der Waals surface area contributed by atoms with Crippen LogP contribution in [0.2, 0.25) is 0 Å². The lowest BCUT2D eigenvalue weighted by atomic mass is 10.1. The van der Waals surface area contributed by atoms with Gasteiger partial charge < -0.3 is 23.8 Å². The zero-order chi connectivity index (χ0) is 19.2. The summed E-state index contributed by atoms with van der Waals surface area (Å²) >= 11 is 0. The van der Waals surface area contributed by atoms with Gasteiger partial charge in [-0.1, -0.05) is 18.2 Å². The van der Waals surface area contributed by atoms with E-state index in [9.17, 15) is 0 Å². The molecule has 0 amide bonds. The second-order valence-electron chi connectivity index (χ2n) is 5.75. The number of para-hydroxylation sites is 1. The molecule has 140 valence electrons. The number of methoxy groups -OCH3 is 4. The molecule has 0 aliphatic heterocycles. The number of nitrogens with zero attached hydrogens (tertiary/aromatic N) is 1.